The van der Waals surface area contributed by atoms with Gasteiger partial charge in [0.25, 0.3) is 0 Å². The van der Waals surface area contributed by atoms with Gasteiger partial charge in [0.2, 0.25) is 11.6 Å². The molecule has 2 saturated carbocycles. The van der Waals surface area contributed by atoms with E-state index in [1.165, 1.54) is 51.0 Å². The Balaban J connectivity index is 1.53. The van der Waals surface area contributed by atoms with Gasteiger partial charge in [0.15, 0.2) is 11.5 Å². The summed E-state index contributed by atoms with van der Waals surface area (Å²) in [5, 5.41) is 0. The first-order valence-corrected chi connectivity index (χ1v) is 10.3. The van der Waals surface area contributed by atoms with Gasteiger partial charge >= 0.3 is 0 Å². The van der Waals surface area contributed by atoms with Crippen LogP contribution in [0.3, 0.4) is 0 Å². The summed E-state index contributed by atoms with van der Waals surface area (Å²) in [6.07, 6.45) is 11.8. The molecule has 0 aromatic heterocycles. The standard InChI is InChI=1S/C22H32F2O2/c1-3-25-19-13-15(2)22(21(24)20(19)23)26-14-16-9-11-18(12-10-16)17-7-5-4-6-8-17/h13,16-18H,3-12,14H2,1-2H3. The van der Waals surface area contributed by atoms with Crippen molar-refractivity contribution < 1.29 is 18.3 Å². The normalized spacial score (nSPS) is 24.5. The Morgan fingerprint density at radius 2 is 1.54 bits per heavy atom. The summed E-state index contributed by atoms with van der Waals surface area (Å²) in [6.45, 7) is 4.27. The van der Waals surface area contributed by atoms with Crippen molar-refractivity contribution in [2.75, 3.05) is 13.2 Å². The lowest BCUT2D eigenvalue weighted by molar-refractivity contribution is 0.133. The SMILES string of the molecule is CCOc1cc(C)c(OCC2CCC(C3CCCCC3)CC2)c(F)c1F. The predicted molar refractivity (Wildman–Crippen MR) is 99.8 cm³/mol. The van der Waals surface area contributed by atoms with Crippen molar-refractivity contribution >= 4 is 0 Å². The van der Waals surface area contributed by atoms with Crippen LogP contribution in [0, 0.1) is 36.3 Å². The van der Waals surface area contributed by atoms with Gasteiger partial charge in [-0.05, 0) is 68.9 Å². The molecule has 0 radical (unpaired) electrons. The molecule has 0 spiro atoms. The van der Waals surface area contributed by atoms with Crippen molar-refractivity contribution in [1.29, 1.82) is 0 Å². The minimum Gasteiger partial charge on any atom is -0.491 e. The van der Waals surface area contributed by atoms with E-state index in [0.29, 0.717) is 24.7 Å². The topological polar surface area (TPSA) is 18.5 Å². The van der Waals surface area contributed by atoms with Crippen molar-refractivity contribution in [2.45, 2.75) is 71.6 Å². The zero-order chi connectivity index (χ0) is 18.5. The summed E-state index contributed by atoms with van der Waals surface area (Å²) < 4.78 is 39.3. The summed E-state index contributed by atoms with van der Waals surface area (Å²) >= 11 is 0. The minimum atomic E-state index is -0.951. The highest BCUT2D eigenvalue weighted by molar-refractivity contribution is 5.42. The second kappa shape index (κ2) is 9.05. The van der Waals surface area contributed by atoms with Gasteiger partial charge in [0.05, 0.1) is 13.2 Å². The maximum Gasteiger partial charge on any atom is 0.204 e. The lowest BCUT2D eigenvalue weighted by atomic mass is 9.71. The Morgan fingerprint density at radius 1 is 0.885 bits per heavy atom. The van der Waals surface area contributed by atoms with Crippen LogP contribution in [-0.4, -0.2) is 13.2 Å². The maximum atomic E-state index is 14.3. The van der Waals surface area contributed by atoms with Gasteiger partial charge < -0.3 is 9.47 Å². The molecule has 2 nitrogen and oxygen atoms in total. The number of hydrogen-bond donors (Lipinski definition) is 0. The van der Waals surface area contributed by atoms with E-state index in [9.17, 15) is 8.78 Å². The Kier molecular flexibility index (Phi) is 6.77. The molecule has 1 aromatic rings. The van der Waals surface area contributed by atoms with Crippen LogP contribution in [0.5, 0.6) is 11.5 Å². The van der Waals surface area contributed by atoms with E-state index in [2.05, 4.69) is 0 Å². The van der Waals surface area contributed by atoms with E-state index in [0.717, 1.165) is 24.7 Å². The van der Waals surface area contributed by atoms with Crippen molar-refractivity contribution in [3.05, 3.63) is 23.3 Å². The summed E-state index contributed by atoms with van der Waals surface area (Å²) in [7, 11) is 0. The van der Waals surface area contributed by atoms with Gasteiger partial charge in [0, 0.05) is 0 Å². The molecule has 0 amide bonds. The molecule has 2 aliphatic rings. The molecule has 0 aliphatic heterocycles. The fourth-order valence-electron chi connectivity index (χ4n) is 4.78. The average molecular weight is 366 g/mol. The summed E-state index contributed by atoms with van der Waals surface area (Å²) in [6, 6.07) is 1.53. The van der Waals surface area contributed by atoms with E-state index in [1.54, 1.807) is 13.8 Å². The van der Waals surface area contributed by atoms with Crippen LogP contribution < -0.4 is 9.47 Å². The third-order valence-corrected chi connectivity index (χ3v) is 6.29. The molecule has 0 saturated heterocycles. The van der Waals surface area contributed by atoms with Crippen LogP contribution in [0.4, 0.5) is 8.78 Å². The molecule has 0 bridgehead atoms. The minimum absolute atomic E-state index is 0.0390. The zero-order valence-corrected chi connectivity index (χ0v) is 16.2. The lowest BCUT2D eigenvalue weighted by Gasteiger charge is -2.35. The number of hydrogen-bond acceptors (Lipinski definition) is 2. The molecule has 26 heavy (non-hydrogen) atoms. The Labute approximate surface area is 156 Å². The first-order valence-electron chi connectivity index (χ1n) is 10.3. The highest BCUT2D eigenvalue weighted by Crippen LogP contribution is 2.40. The average Bonchev–Trinajstić information content (AvgIpc) is 2.67. The Bertz CT molecular complexity index is 588. The molecule has 146 valence electrons. The van der Waals surface area contributed by atoms with Gasteiger partial charge in [-0.3, -0.25) is 0 Å². The summed E-state index contributed by atoms with van der Waals surface area (Å²) in [5.74, 6) is 0.364. The molecule has 0 heterocycles. The van der Waals surface area contributed by atoms with Crippen LogP contribution in [-0.2, 0) is 0 Å². The van der Waals surface area contributed by atoms with Gasteiger partial charge in [-0.2, -0.15) is 8.78 Å². The van der Waals surface area contributed by atoms with E-state index < -0.39 is 11.6 Å². The van der Waals surface area contributed by atoms with Crippen molar-refractivity contribution in [3.63, 3.8) is 0 Å². The maximum absolute atomic E-state index is 14.3. The van der Waals surface area contributed by atoms with Crippen molar-refractivity contribution in [3.8, 4) is 11.5 Å². The molecular formula is C22H32F2O2. The highest BCUT2D eigenvalue weighted by atomic mass is 19.2. The smallest absolute Gasteiger partial charge is 0.204 e. The van der Waals surface area contributed by atoms with Crippen LogP contribution in [0.25, 0.3) is 0 Å². The van der Waals surface area contributed by atoms with E-state index >= 15 is 0 Å². The number of benzene rings is 1. The third-order valence-electron chi connectivity index (χ3n) is 6.29. The lowest BCUT2D eigenvalue weighted by Crippen LogP contribution is -2.26. The zero-order valence-electron chi connectivity index (χ0n) is 16.2. The van der Waals surface area contributed by atoms with Crippen LogP contribution in [0.15, 0.2) is 6.07 Å². The molecule has 0 unspecified atom stereocenters. The quantitative estimate of drug-likeness (QED) is 0.577. The number of aryl methyl sites for hydroxylation is 1. The third kappa shape index (κ3) is 4.50. The van der Waals surface area contributed by atoms with Crippen LogP contribution in [0.2, 0.25) is 0 Å². The van der Waals surface area contributed by atoms with Crippen LogP contribution >= 0.6 is 0 Å². The monoisotopic (exact) mass is 366 g/mol. The molecule has 2 aliphatic carbocycles. The van der Waals surface area contributed by atoms with Crippen LogP contribution in [0.1, 0.15) is 70.3 Å². The molecular weight excluding hydrogens is 334 g/mol. The number of halogens is 2. The Hall–Kier alpha value is -1.32. The molecule has 0 N–H and O–H groups in total. The number of rotatable bonds is 6. The largest absolute Gasteiger partial charge is 0.491 e. The fourth-order valence-corrected chi connectivity index (χ4v) is 4.78. The predicted octanol–water partition coefficient (Wildman–Crippen LogP) is 6.44. The second-order valence-electron chi connectivity index (χ2n) is 8.07. The number of ether oxygens (including phenoxy) is 2. The second-order valence-corrected chi connectivity index (χ2v) is 8.07. The molecule has 1 aromatic carbocycles. The van der Waals surface area contributed by atoms with Gasteiger partial charge in [-0.15, -0.1) is 0 Å². The first kappa shape index (κ1) is 19.4. The van der Waals surface area contributed by atoms with E-state index in [1.807, 2.05) is 0 Å². The van der Waals surface area contributed by atoms with Gasteiger partial charge in [-0.25, -0.2) is 0 Å². The van der Waals surface area contributed by atoms with E-state index in [4.69, 9.17) is 9.47 Å². The molecule has 2 fully saturated rings. The molecule has 4 heteroatoms. The van der Waals surface area contributed by atoms with Gasteiger partial charge in [-0.1, -0.05) is 32.1 Å². The summed E-state index contributed by atoms with van der Waals surface area (Å²) in [4.78, 5) is 0. The molecule has 3 rings (SSSR count). The highest BCUT2D eigenvalue weighted by Gasteiger charge is 2.29. The van der Waals surface area contributed by atoms with Crippen molar-refractivity contribution in [1.82, 2.24) is 0 Å². The molecule has 0 atom stereocenters. The van der Waals surface area contributed by atoms with Gasteiger partial charge in [0.1, 0.15) is 0 Å². The Morgan fingerprint density at radius 3 is 2.19 bits per heavy atom. The summed E-state index contributed by atoms with van der Waals surface area (Å²) in [5.41, 5.74) is 0.586. The van der Waals surface area contributed by atoms with E-state index in [-0.39, 0.29) is 11.5 Å². The first-order chi connectivity index (χ1) is 12.6. The fraction of sp³-hybridized carbons (Fsp3) is 0.727. The van der Waals surface area contributed by atoms with Crippen molar-refractivity contribution in [2.24, 2.45) is 17.8 Å².